The van der Waals surface area contributed by atoms with E-state index in [0.29, 0.717) is 0 Å². The summed E-state index contributed by atoms with van der Waals surface area (Å²) < 4.78 is 0. The van der Waals surface area contributed by atoms with Crippen molar-refractivity contribution in [3.8, 4) is 0 Å². The maximum atomic E-state index is 2.42. The molecule has 0 saturated heterocycles. The molecule has 0 aliphatic rings. The van der Waals surface area contributed by atoms with Gasteiger partial charge in [-0.3, -0.25) is 0 Å². The average molecular weight is 365 g/mol. The molecule has 0 radical (unpaired) electrons. The molecule has 0 N–H and O–H groups in total. The summed E-state index contributed by atoms with van der Waals surface area (Å²) in [6.07, 6.45) is 0. The Kier molecular flexibility index (Phi) is 5.47. The topological polar surface area (TPSA) is 0 Å². The summed E-state index contributed by atoms with van der Waals surface area (Å²) in [6, 6.07) is 16.1. The van der Waals surface area contributed by atoms with E-state index in [4.69, 9.17) is 0 Å². The van der Waals surface area contributed by atoms with Crippen LogP contribution in [-0.2, 0) is 21.7 Å². The Labute approximate surface area is 168 Å². The van der Waals surface area contributed by atoms with Crippen molar-refractivity contribution >= 4 is 0 Å². The second kappa shape index (κ2) is 6.80. The van der Waals surface area contributed by atoms with Gasteiger partial charge in [0.2, 0.25) is 0 Å². The minimum Gasteiger partial charge on any atom is -0.0617 e. The maximum absolute atomic E-state index is 2.42. The van der Waals surface area contributed by atoms with Crippen molar-refractivity contribution in [2.75, 3.05) is 0 Å². The van der Waals surface area contributed by atoms with E-state index in [1.54, 1.807) is 0 Å². The highest BCUT2D eigenvalue weighted by molar-refractivity contribution is 5.52. The summed E-state index contributed by atoms with van der Waals surface area (Å²) in [7, 11) is 0. The zero-order valence-electron chi connectivity index (χ0n) is 19.5. The lowest BCUT2D eigenvalue weighted by Crippen LogP contribution is -2.31. The van der Waals surface area contributed by atoms with Crippen LogP contribution in [0, 0.1) is 0 Å². The molecule has 0 aliphatic carbocycles. The van der Waals surface area contributed by atoms with E-state index < -0.39 is 0 Å². The molecular formula is C27H40. The Balaban J connectivity index is 2.83. The fourth-order valence-corrected chi connectivity index (χ4v) is 3.99. The second-order valence-electron chi connectivity index (χ2n) is 11.7. The standard InChI is InChI=1S/C27H40/c1-24(2,3)19-14-12-15-20(18-19)27(10,11)23-21(25(4,5)6)16-13-17-22(23)26(7,8)9/h12-18H,1-11H3. The summed E-state index contributed by atoms with van der Waals surface area (Å²) in [5.41, 5.74) is 7.52. The van der Waals surface area contributed by atoms with Gasteiger partial charge in [0, 0.05) is 5.41 Å². The van der Waals surface area contributed by atoms with E-state index in [2.05, 4.69) is 119 Å². The van der Waals surface area contributed by atoms with Gasteiger partial charge in [0.1, 0.15) is 0 Å². The molecule has 0 aromatic heterocycles. The Morgan fingerprint density at radius 2 is 0.889 bits per heavy atom. The van der Waals surface area contributed by atoms with Crippen molar-refractivity contribution in [2.45, 2.75) is 97.8 Å². The first-order valence-corrected chi connectivity index (χ1v) is 10.3. The lowest BCUT2D eigenvalue weighted by molar-refractivity contribution is 0.513. The van der Waals surface area contributed by atoms with E-state index in [0.717, 1.165) is 0 Å². The van der Waals surface area contributed by atoms with E-state index >= 15 is 0 Å². The van der Waals surface area contributed by atoms with Crippen LogP contribution in [0.3, 0.4) is 0 Å². The molecule has 0 nitrogen and oxygen atoms in total. The summed E-state index contributed by atoms with van der Waals surface area (Å²) >= 11 is 0. The number of hydrogen-bond acceptors (Lipinski definition) is 0. The SMILES string of the molecule is CC(C)(C)c1cccc(C(C)(C)c2c(C(C)(C)C)cccc2C(C)(C)C)c1. The molecule has 2 rings (SSSR count). The maximum Gasteiger partial charge on any atom is 0.0152 e. The molecule has 0 unspecified atom stereocenters. The molecule has 27 heavy (non-hydrogen) atoms. The lowest BCUT2D eigenvalue weighted by Gasteiger charge is -2.39. The minimum atomic E-state index is -0.0618. The van der Waals surface area contributed by atoms with Gasteiger partial charge in [0.05, 0.1) is 0 Å². The van der Waals surface area contributed by atoms with Crippen LogP contribution in [0.1, 0.15) is 104 Å². The zero-order chi connectivity index (χ0) is 20.8. The molecule has 0 heterocycles. The fourth-order valence-electron chi connectivity index (χ4n) is 3.99. The summed E-state index contributed by atoms with van der Waals surface area (Å²) in [5.74, 6) is 0. The highest BCUT2D eigenvalue weighted by atomic mass is 14.4. The van der Waals surface area contributed by atoms with Gasteiger partial charge in [-0.05, 0) is 44.1 Å². The largest absolute Gasteiger partial charge is 0.0617 e. The van der Waals surface area contributed by atoms with E-state index in [-0.39, 0.29) is 21.7 Å². The van der Waals surface area contributed by atoms with Crippen molar-refractivity contribution in [2.24, 2.45) is 0 Å². The van der Waals surface area contributed by atoms with Gasteiger partial charge in [-0.2, -0.15) is 0 Å². The van der Waals surface area contributed by atoms with E-state index in [9.17, 15) is 0 Å². The van der Waals surface area contributed by atoms with Crippen molar-refractivity contribution in [1.29, 1.82) is 0 Å². The Morgan fingerprint density at radius 3 is 1.30 bits per heavy atom. The van der Waals surface area contributed by atoms with Gasteiger partial charge in [0.15, 0.2) is 0 Å². The third-order valence-corrected chi connectivity index (χ3v) is 5.76. The van der Waals surface area contributed by atoms with Crippen LogP contribution in [0.4, 0.5) is 0 Å². The van der Waals surface area contributed by atoms with Gasteiger partial charge >= 0.3 is 0 Å². The molecule has 0 spiro atoms. The molecule has 0 heteroatoms. The van der Waals surface area contributed by atoms with Gasteiger partial charge in [-0.1, -0.05) is 119 Å². The van der Waals surface area contributed by atoms with Gasteiger partial charge in [-0.25, -0.2) is 0 Å². The van der Waals surface area contributed by atoms with Crippen LogP contribution in [-0.4, -0.2) is 0 Å². The molecule has 0 atom stereocenters. The first-order valence-electron chi connectivity index (χ1n) is 10.3. The average Bonchev–Trinajstić information content (AvgIpc) is 2.52. The number of hydrogen-bond donors (Lipinski definition) is 0. The third-order valence-electron chi connectivity index (χ3n) is 5.76. The number of benzene rings is 2. The molecule has 0 saturated carbocycles. The monoisotopic (exact) mass is 364 g/mol. The Bertz CT molecular complexity index is 767. The van der Waals surface area contributed by atoms with Crippen molar-refractivity contribution < 1.29 is 0 Å². The summed E-state index contributed by atoms with van der Waals surface area (Å²) in [5, 5.41) is 0. The normalized spacial score (nSPS) is 13.7. The first-order chi connectivity index (χ1) is 12.1. The first kappa shape index (κ1) is 21.7. The van der Waals surface area contributed by atoms with Gasteiger partial charge in [0.25, 0.3) is 0 Å². The van der Waals surface area contributed by atoms with Crippen molar-refractivity contribution in [3.63, 3.8) is 0 Å². The lowest BCUT2D eigenvalue weighted by atomic mass is 9.65. The second-order valence-corrected chi connectivity index (χ2v) is 11.7. The molecule has 0 bridgehead atoms. The summed E-state index contributed by atoms with van der Waals surface area (Å²) in [4.78, 5) is 0. The Morgan fingerprint density at radius 1 is 0.481 bits per heavy atom. The number of rotatable bonds is 2. The van der Waals surface area contributed by atoms with Gasteiger partial charge < -0.3 is 0 Å². The molecule has 0 aliphatic heterocycles. The fraction of sp³-hybridized carbons (Fsp3) is 0.556. The van der Waals surface area contributed by atoms with Crippen LogP contribution in [0.25, 0.3) is 0 Å². The highest BCUT2D eigenvalue weighted by Crippen LogP contribution is 2.44. The quantitative estimate of drug-likeness (QED) is 0.508. The van der Waals surface area contributed by atoms with Crippen LogP contribution in [0.5, 0.6) is 0 Å². The molecule has 148 valence electrons. The summed E-state index contributed by atoms with van der Waals surface area (Å²) in [6.45, 7) is 25.7. The van der Waals surface area contributed by atoms with E-state index in [1.807, 2.05) is 0 Å². The third kappa shape index (κ3) is 4.48. The van der Waals surface area contributed by atoms with Crippen molar-refractivity contribution in [1.82, 2.24) is 0 Å². The van der Waals surface area contributed by atoms with Crippen LogP contribution in [0.15, 0.2) is 42.5 Å². The van der Waals surface area contributed by atoms with Gasteiger partial charge in [-0.15, -0.1) is 0 Å². The molecule has 0 amide bonds. The highest BCUT2D eigenvalue weighted by Gasteiger charge is 2.35. The van der Waals surface area contributed by atoms with Crippen LogP contribution >= 0.6 is 0 Å². The van der Waals surface area contributed by atoms with E-state index in [1.165, 1.54) is 27.8 Å². The molecule has 0 fully saturated rings. The zero-order valence-corrected chi connectivity index (χ0v) is 19.5. The van der Waals surface area contributed by atoms with Crippen molar-refractivity contribution in [3.05, 3.63) is 70.3 Å². The minimum absolute atomic E-state index is 0.0618. The Hall–Kier alpha value is -1.56. The van der Waals surface area contributed by atoms with Crippen LogP contribution in [0.2, 0.25) is 0 Å². The smallest absolute Gasteiger partial charge is 0.0152 e. The molecule has 2 aromatic carbocycles. The molecular weight excluding hydrogens is 324 g/mol. The predicted molar refractivity (Wildman–Crippen MR) is 121 cm³/mol. The molecule has 2 aromatic rings. The predicted octanol–water partition coefficient (Wildman–Crippen LogP) is 7.91. The van der Waals surface area contributed by atoms with Crippen LogP contribution < -0.4 is 0 Å².